The summed E-state index contributed by atoms with van der Waals surface area (Å²) in [5.41, 5.74) is 0. The zero-order valence-corrected chi connectivity index (χ0v) is 17.3. The summed E-state index contributed by atoms with van der Waals surface area (Å²) in [4.78, 5) is 8.13. The van der Waals surface area contributed by atoms with Gasteiger partial charge in [0.1, 0.15) is 0 Å². The van der Waals surface area contributed by atoms with E-state index in [4.69, 9.17) is 0 Å². The number of rotatable bonds is 12. The third-order valence-corrected chi connectivity index (χ3v) is 3.27. The molecule has 0 aliphatic heterocycles. The second-order valence-electron chi connectivity index (χ2n) is 5.06. The fourth-order valence-electron chi connectivity index (χ4n) is 1.99. The molecule has 0 amide bonds. The van der Waals surface area contributed by atoms with Gasteiger partial charge in [0.2, 0.25) is 0 Å². The minimum absolute atomic E-state index is 0.843. The Morgan fingerprint density at radius 2 is 0.920 bits per heavy atom. The Labute approximate surface area is 155 Å². The van der Waals surface area contributed by atoms with Gasteiger partial charge in [0, 0.05) is 41.3 Å². The van der Waals surface area contributed by atoms with Gasteiger partial charge in [-0.25, -0.2) is 0 Å². The van der Waals surface area contributed by atoms with Crippen molar-refractivity contribution in [1.82, 2.24) is 31.9 Å². The highest BCUT2D eigenvalue weighted by Gasteiger charge is 1.94. The number of nitrogens with zero attached hydrogens (tertiary/aromatic N) is 2. The van der Waals surface area contributed by atoms with Crippen LogP contribution in [0, 0.1) is 0 Å². The average Bonchev–Trinajstić information content (AvgIpc) is 2.67. The summed E-state index contributed by atoms with van der Waals surface area (Å²) in [5, 5.41) is 19.4. The SMILES string of the molecule is CC.CN=C(NC)NCCCNCCCNCCCNC(=NC)NC. The first-order valence-electron chi connectivity index (χ1n) is 9.46. The quantitative estimate of drug-likeness (QED) is 0.166. The van der Waals surface area contributed by atoms with Crippen molar-refractivity contribution < 1.29 is 0 Å². The highest BCUT2D eigenvalue weighted by Crippen LogP contribution is 1.79. The summed E-state index contributed by atoms with van der Waals surface area (Å²) in [6, 6.07) is 0. The molecular formula is C17H42N8. The van der Waals surface area contributed by atoms with E-state index in [1.165, 1.54) is 0 Å². The van der Waals surface area contributed by atoms with E-state index in [9.17, 15) is 0 Å². The fraction of sp³-hybridized carbons (Fsp3) is 0.882. The standard InChI is InChI=1S/C15H36N8.C2H6/c1-16-14(17-2)22-12-6-10-20-8-5-9-21-11-7-13-23-15(18-3)19-4;1-2/h20-21H,5-13H2,1-4H3,(H2,16,17,22)(H2,18,19,23);1-2H3. The van der Waals surface area contributed by atoms with Crippen LogP contribution in [0.15, 0.2) is 9.98 Å². The van der Waals surface area contributed by atoms with Gasteiger partial charge in [-0.05, 0) is 45.4 Å². The molecule has 8 nitrogen and oxygen atoms in total. The molecule has 6 N–H and O–H groups in total. The van der Waals surface area contributed by atoms with Crippen LogP contribution in [0.2, 0.25) is 0 Å². The maximum absolute atomic E-state index is 4.07. The molecule has 0 spiro atoms. The van der Waals surface area contributed by atoms with Crippen molar-refractivity contribution in [2.45, 2.75) is 33.1 Å². The first-order valence-corrected chi connectivity index (χ1v) is 9.46. The number of nitrogens with one attached hydrogen (secondary N) is 6. The number of hydrogen-bond donors (Lipinski definition) is 6. The largest absolute Gasteiger partial charge is 0.359 e. The average molecular weight is 359 g/mol. The second-order valence-corrected chi connectivity index (χ2v) is 5.06. The Bertz CT molecular complexity index is 288. The molecule has 0 rings (SSSR count). The van der Waals surface area contributed by atoms with Gasteiger partial charge in [-0.1, -0.05) is 13.8 Å². The lowest BCUT2D eigenvalue weighted by molar-refractivity contribution is 0.571. The summed E-state index contributed by atoms with van der Waals surface area (Å²) >= 11 is 0. The number of hydrogen-bond acceptors (Lipinski definition) is 4. The van der Waals surface area contributed by atoms with Crippen LogP contribution in [0.3, 0.4) is 0 Å². The molecule has 25 heavy (non-hydrogen) atoms. The van der Waals surface area contributed by atoms with Crippen LogP contribution in [-0.4, -0.2) is 79.4 Å². The Morgan fingerprint density at radius 1 is 0.600 bits per heavy atom. The van der Waals surface area contributed by atoms with Crippen molar-refractivity contribution in [1.29, 1.82) is 0 Å². The Hall–Kier alpha value is -1.54. The highest BCUT2D eigenvalue weighted by molar-refractivity contribution is 5.79. The van der Waals surface area contributed by atoms with Gasteiger partial charge in [0.15, 0.2) is 11.9 Å². The molecule has 0 fully saturated rings. The summed E-state index contributed by atoms with van der Waals surface area (Å²) in [6.07, 6.45) is 3.33. The minimum Gasteiger partial charge on any atom is -0.359 e. The maximum atomic E-state index is 4.07. The number of guanidine groups is 2. The molecule has 0 radical (unpaired) electrons. The predicted molar refractivity (Wildman–Crippen MR) is 112 cm³/mol. The van der Waals surface area contributed by atoms with Gasteiger partial charge < -0.3 is 31.9 Å². The van der Waals surface area contributed by atoms with Crippen LogP contribution in [0.25, 0.3) is 0 Å². The van der Waals surface area contributed by atoms with Crippen molar-refractivity contribution in [2.24, 2.45) is 9.98 Å². The monoisotopic (exact) mass is 358 g/mol. The van der Waals surface area contributed by atoms with Gasteiger partial charge >= 0.3 is 0 Å². The van der Waals surface area contributed by atoms with E-state index in [-0.39, 0.29) is 0 Å². The topological polar surface area (TPSA) is 96.9 Å². The maximum Gasteiger partial charge on any atom is 0.190 e. The van der Waals surface area contributed by atoms with Gasteiger partial charge in [0.05, 0.1) is 0 Å². The number of aliphatic imine (C=N–C) groups is 2. The van der Waals surface area contributed by atoms with Crippen LogP contribution >= 0.6 is 0 Å². The molecule has 0 aliphatic carbocycles. The molecule has 0 aromatic heterocycles. The zero-order chi connectivity index (χ0) is 19.2. The van der Waals surface area contributed by atoms with E-state index in [1.54, 1.807) is 14.1 Å². The first-order chi connectivity index (χ1) is 12.3. The van der Waals surface area contributed by atoms with Gasteiger partial charge in [0.25, 0.3) is 0 Å². The zero-order valence-electron chi connectivity index (χ0n) is 17.3. The van der Waals surface area contributed by atoms with E-state index in [0.717, 1.165) is 70.5 Å². The molecular weight excluding hydrogens is 316 g/mol. The summed E-state index contributed by atoms with van der Waals surface area (Å²) in [7, 11) is 7.29. The van der Waals surface area contributed by atoms with Crippen molar-refractivity contribution in [3.8, 4) is 0 Å². The third kappa shape index (κ3) is 18.6. The molecule has 0 aliphatic rings. The van der Waals surface area contributed by atoms with Crippen LogP contribution < -0.4 is 31.9 Å². The van der Waals surface area contributed by atoms with Crippen LogP contribution in [0.5, 0.6) is 0 Å². The molecule has 150 valence electrons. The van der Waals surface area contributed by atoms with E-state index < -0.39 is 0 Å². The Morgan fingerprint density at radius 3 is 1.20 bits per heavy atom. The fourth-order valence-corrected chi connectivity index (χ4v) is 1.99. The second kappa shape index (κ2) is 22.5. The van der Waals surface area contributed by atoms with Crippen molar-refractivity contribution >= 4 is 11.9 Å². The molecule has 8 heteroatoms. The molecule has 0 saturated carbocycles. The van der Waals surface area contributed by atoms with E-state index in [2.05, 4.69) is 41.9 Å². The summed E-state index contributed by atoms with van der Waals surface area (Å²) in [5.74, 6) is 1.69. The molecule has 0 aromatic rings. The van der Waals surface area contributed by atoms with E-state index >= 15 is 0 Å². The van der Waals surface area contributed by atoms with Crippen molar-refractivity contribution in [2.75, 3.05) is 67.5 Å². The first kappa shape index (κ1) is 25.7. The molecule has 0 heterocycles. The highest BCUT2D eigenvalue weighted by atomic mass is 15.2. The van der Waals surface area contributed by atoms with Crippen LogP contribution in [-0.2, 0) is 0 Å². The van der Waals surface area contributed by atoms with Crippen molar-refractivity contribution in [3.05, 3.63) is 0 Å². The third-order valence-electron chi connectivity index (χ3n) is 3.27. The normalized spacial score (nSPS) is 11.4. The Balaban J connectivity index is 0. The van der Waals surface area contributed by atoms with Crippen molar-refractivity contribution in [3.63, 3.8) is 0 Å². The van der Waals surface area contributed by atoms with Gasteiger partial charge in [-0.3, -0.25) is 9.98 Å². The molecule has 0 unspecified atom stereocenters. The van der Waals surface area contributed by atoms with Crippen LogP contribution in [0.1, 0.15) is 33.1 Å². The minimum atomic E-state index is 0.843. The Kier molecular flexibility index (Phi) is 23.1. The van der Waals surface area contributed by atoms with E-state index in [0.29, 0.717) is 0 Å². The lowest BCUT2D eigenvalue weighted by Crippen LogP contribution is -2.36. The molecule has 0 atom stereocenters. The molecule has 0 bridgehead atoms. The lowest BCUT2D eigenvalue weighted by Gasteiger charge is -2.10. The smallest absolute Gasteiger partial charge is 0.190 e. The molecule has 0 aromatic carbocycles. The summed E-state index contributed by atoms with van der Waals surface area (Å²) < 4.78 is 0. The predicted octanol–water partition coefficient (Wildman–Crippen LogP) is -0.0483. The van der Waals surface area contributed by atoms with Gasteiger partial charge in [-0.2, -0.15) is 0 Å². The van der Waals surface area contributed by atoms with Crippen LogP contribution in [0.4, 0.5) is 0 Å². The molecule has 0 saturated heterocycles. The van der Waals surface area contributed by atoms with Gasteiger partial charge in [-0.15, -0.1) is 0 Å². The van der Waals surface area contributed by atoms with E-state index in [1.807, 2.05) is 27.9 Å². The lowest BCUT2D eigenvalue weighted by atomic mass is 10.3. The summed E-state index contributed by atoms with van der Waals surface area (Å²) in [6.45, 7) is 10.0.